The lowest BCUT2D eigenvalue weighted by atomic mass is 9.70. The molecule has 4 rings (SSSR count). The smallest absolute Gasteiger partial charge is 0.274 e. The van der Waals surface area contributed by atoms with Gasteiger partial charge in [0.25, 0.3) is 5.91 Å². The van der Waals surface area contributed by atoms with E-state index in [9.17, 15) is 9.59 Å². The van der Waals surface area contributed by atoms with Crippen LogP contribution in [0.3, 0.4) is 0 Å². The summed E-state index contributed by atoms with van der Waals surface area (Å²) in [6, 6.07) is 6.07. The number of nitrogens with zero attached hydrogens (tertiary/aromatic N) is 1. The third-order valence-corrected chi connectivity index (χ3v) is 6.18. The highest BCUT2D eigenvalue weighted by Crippen LogP contribution is 2.45. The van der Waals surface area contributed by atoms with Crippen molar-refractivity contribution in [2.75, 3.05) is 6.54 Å². The number of hydroxylamine groups is 1. The van der Waals surface area contributed by atoms with Crippen molar-refractivity contribution in [3.05, 3.63) is 34.9 Å². The summed E-state index contributed by atoms with van der Waals surface area (Å²) >= 11 is 0. The number of carbonyl (C=O) groups excluding carboxylic acids is 2. The fourth-order valence-corrected chi connectivity index (χ4v) is 4.89. The quantitative estimate of drug-likeness (QED) is 0.647. The molecule has 5 heteroatoms. The molecule has 0 radical (unpaired) electrons. The highest BCUT2D eigenvalue weighted by Gasteiger charge is 2.47. The van der Waals surface area contributed by atoms with Crippen LogP contribution in [0, 0.1) is 5.41 Å². The van der Waals surface area contributed by atoms with Gasteiger partial charge in [0.05, 0.1) is 0 Å². The number of aryl methyl sites for hydroxylation is 1. The first-order valence-corrected chi connectivity index (χ1v) is 8.96. The van der Waals surface area contributed by atoms with Gasteiger partial charge in [0.15, 0.2) is 0 Å². The van der Waals surface area contributed by atoms with Gasteiger partial charge in [-0.2, -0.15) is 0 Å². The minimum atomic E-state index is -0.479. The van der Waals surface area contributed by atoms with Gasteiger partial charge in [-0.05, 0) is 55.4 Å². The van der Waals surface area contributed by atoms with E-state index in [2.05, 4.69) is 4.90 Å². The van der Waals surface area contributed by atoms with Gasteiger partial charge in [-0.1, -0.05) is 18.9 Å². The highest BCUT2D eigenvalue weighted by atomic mass is 16.5. The number of amides is 2. The van der Waals surface area contributed by atoms with Crippen LogP contribution in [-0.4, -0.2) is 34.5 Å². The Balaban J connectivity index is 1.57. The van der Waals surface area contributed by atoms with Crippen LogP contribution in [0.2, 0.25) is 0 Å². The Morgan fingerprint density at radius 1 is 1.21 bits per heavy atom. The second-order valence-electron chi connectivity index (χ2n) is 7.74. The molecule has 1 saturated carbocycles. The number of benzene rings is 1. The van der Waals surface area contributed by atoms with Crippen molar-refractivity contribution < 1.29 is 14.8 Å². The zero-order valence-corrected chi connectivity index (χ0v) is 13.9. The monoisotopic (exact) mass is 328 g/mol. The van der Waals surface area contributed by atoms with Crippen LogP contribution in [-0.2, 0) is 17.6 Å². The van der Waals surface area contributed by atoms with Crippen molar-refractivity contribution in [3.63, 3.8) is 0 Å². The van der Waals surface area contributed by atoms with Gasteiger partial charge in [-0.15, -0.1) is 0 Å². The number of fused-ring (bicyclic) bond motifs is 1. The molecule has 0 unspecified atom stereocenters. The average Bonchev–Trinajstić information content (AvgIpc) is 3.21. The minimum Gasteiger partial charge on any atom is -0.339 e. The first kappa shape index (κ1) is 15.6. The van der Waals surface area contributed by atoms with Crippen LogP contribution < -0.4 is 5.48 Å². The molecule has 2 fully saturated rings. The molecular weight excluding hydrogens is 304 g/mol. The third kappa shape index (κ3) is 2.61. The first-order chi connectivity index (χ1) is 11.6. The predicted octanol–water partition coefficient (Wildman–Crippen LogP) is 2.46. The SMILES string of the molecule is O=C(NO)c1ccc2c(c1)C[C@@]1(CC2)CC(=O)N(C2CCCC2)C1. The molecule has 24 heavy (non-hydrogen) atoms. The minimum absolute atomic E-state index is 0.0288. The van der Waals surface area contributed by atoms with E-state index in [1.165, 1.54) is 18.4 Å². The number of carbonyl (C=O) groups is 2. The van der Waals surface area contributed by atoms with Crippen molar-refractivity contribution in [1.29, 1.82) is 0 Å². The van der Waals surface area contributed by atoms with Crippen LogP contribution in [0.4, 0.5) is 0 Å². The molecule has 1 spiro atoms. The lowest BCUT2D eigenvalue weighted by Gasteiger charge is -2.35. The van der Waals surface area contributed by atoms with Crippen LogP contribution in [0.15, 0.2) is 18.2 Å². The van der Waals surface area contributed by atoms with E-state index < -0.39 is 5.91 Å². The number of likely N-dealkylation sites (tertiary alicyclic amines) is 1. The second-order valence-corrected chi connectivity index (χ2v) is 7.74. The Labute approximate surface area is 142 Å². The number of rotatable bonds is 2. The van der Waals surface area contributed by atoms with Crippen LogP contribution >= 0.6 is 0 Å². The second kappa shape index (κ2) is 5.88. The van der Waals surface area contributed by atoms with Gasteiger partial charge in [-0.3, -0.25) is 14.8 Å². The summed E-state index contributed by atoms with van der Waals surface area (Å²) in [5, 5.41) is 8.84. The van der Waals surface area contributed by atoms with Gasteiger partial charge in [0.2, 0.25) is 5.91 Å². The van der Waals surface area contributed by atoms with Gasteiger partial charge >= 0.3 is 0 Å². The van der Waals surface area contributed by atoms with Gasteiger partial charge < -0.3 is 4.90 Å². The Kier molecular flexibility index (Phi) is 3.83. The molecular formula is C19H24N2O3. The number of hydrogen-bond acceptors (Lipinski definition) is 3. The summed E-state index contributed by atoms with van der Waals surface area (Å²) in [6.45, 7) is 0.867. The molecule has 1 aliphatic heterocycles. The van der Waals surface area contributed by atoms with Gasteiger partial charge in [-0.25, -0.2) is 5.48 Å². The summed E-state index contributed by atoms with van der Waals surface area (Å²) in [5.74, 6) is -0.165. The maximum Gasteiger partial charge on any atom is 0.274 e. The molecule has 2 amide bonds. The molecule has 128 valence electrons. The van der Waals surface area contributed by atoms with Crippen LogP contribution in [0.25, 0.3) is 0 Å². The zero-order valence-electron chi connectivity index (χ0n) is 13.9. The van der Waals surface area contributed by atoms with Gasteiger partial charge in [0, 0.05) is 30.0 Å². The molecule has 2 N–H and O–H groups in total. The topological polar surface area (TPSA) is 69.6 Å². The van der Waals surface area contributed by atoms with Crippen molar-refractivity contribution in [2.45, 2.75) is 57.4 Å². The van der Waals surface area contributed by atoms with E-state index >= 15 is 0 Å². The maximum atomic E-state index is 12.6. The number of hydrogen-bond donors (Lipinski definition) is 2. The molecule has 1 saturated heterocycles. The van der Waals surface area contributed by atoms with E-state index in [4.69, 9.17) is 5.21 Å². The fraction of sp³-hybridized carbons (Fsp3) is 0.579. The Hall–Kier alpha value is -1.88. The summed E-state index contributed by atoms with van der Waals surface area (Å²) in [7, 11) is 0. The Morgan fingerprint density at radius 2 is 2.00 bits per heavy atom. The molecule has 0 aromatic heterocycles. The Bertz CT molecular complexity index is 681. The molecule has 1 aromatic rings. The van der Waals surface area contributed by atoms with Crippen molar-refractivity contribution >= 4 is 11.8 Å². The molecule has 2 aliphatic carbocycles. The van der Waals surface area contributed by atoms with Crippen LogP contribution in [0.5, 0.6) is 0 Å². The molecule has 3 aliphatic rings. The standard InChI is InChI=1S/C19H24N2O3/c22-17-11-19(12-21(17)16-3-1-2-4-16)8-7-13-5-6-14(18(23)20-24)9-15(13)10-19/h5-6,9,16,24H,1-4,7-8,10-12H2,(H,20,23)/t19-/m0/s1. The maximum absolute atomic E-state index is 12.6. The largest absolute Gasteiger partial charge is 0.339 e. The summed E-state index contributed by atoms with van der Waals surface area (Å²) in [5.41, 5.74) is 4.63. The van der Waals surface area contributed by atoms with E-state index in [1.807, 2.05) is 12.1 Å². The summed E-state index contributed by atoms with van der Waals surface area (Å²) < 4.78 is 0. The molecule has 0 bridgehead atoms. The van der Waals surface area contributed by atoms with Crippen molar-refractivity contribution in [1.82, 2.24) is 10.4 Å². The first-order valence-electron chi connectivity index (χ1n) is 8.96. The van der Waals surface area contributed by atoms with Crippen LogP contribution in [0.1, 0.15) is 60.0 Å². The predicted molar refractivity (Wildman–Crippen MR) is 88.7 cm³/mol. The average molecular weight is 328 g/mol. The summed E-state index contributed by atoms with van der Waals surface area (Å²) in [4.78, 5) is 26.4. The third-order valence-electron chi connectivity index (χ3n) is 6.18. The van der Waals surface area contributed by atoms with Crippen molar-refractivity contribution in [3.8, 4) is 0 Å². The van der Waals surface area contributed by atoms with E-state index in [0.717, 1.165) is 44.2 Å². The zero-order chi connectivity index (χ0) is 16.7. The van der Waals surface area contributed by atoms with E-state index in [1.54, 1.807) is 11.5 Å². The van der Waals surface area contributed by atoms with E-state index in [0.29, 0.717) is 23.9 Å². The van der Waals surface area contributed by atoms with E-state index in [-0.39, 0.29) is 5.41 Å². The lowest BCUT2D eigenvalue weighted by Crippen LogP contribution is -2.38. The normalized spacial score (nSPS) is 26.9. The molecule has 5 nitrogen and oxygen atoms in total. The van der Waals surface area contributed by atoms with Gasteiger partial charge in [0.1, 0.15) is 0 Å². The van der Waals surface area contributed by atoms with Crippen molar-refractivity contribution in [2.24, 2.45) is 5.41 Å². The number of nitrogens with one attached hydrogen (secondary N) is 1. The summed E-state index contributed by atoms with van der Waals surface area (Å²) in [6.07, 6.45) is 8.28. The lowest BCUT2D eigenvalue weighted by molar-refractivity contribution is -0.129. The molecule has 1 aromatic carbocycles. The fourth-order valence-electron chi connectivity index (χ4n) is 4.89. The molecule has 1 heterocycles. The highest BCUT2D eigenvalue weighted by molar-refractivity contribution is 5.93. The Morgan fingerprint density at radius 3 is 2.75 bits per heavy atom. The molecule has 1 atom stereocenters.